The second kappa shape index (κ2) is 6.63. The van der Waals surface area contributed by atoms with Gasteiger partial charge in [-0.25, -0.2) is 4.79 Å². The highest BCUT2D eigenvalue weighted by Crippen LogP contribution is 2.26. The summed E-state index contributed by atoms with van der Waals surface area (Å²) in [5.74, 6) is -0.190. The minimum Gasteiger partial charge on any atom is -0.496 e. The van der Waals surface area contributed by atoms with Crippen LogP contribution in [0.2, 0.25) is 0 Å². The summed E-state index contributed by atoms with van der Waals surface area (Å²) in [6.45, 7) is 1.89. The van der Waals surface area contributed by atoms with Gasteiger partial charge < -0.3 is 15.2 Å². The van der Waals surface area contributed by atoms with Crippen molar-refractivity contribution in [2.45, 2.75) is 13.0 Å². The maximum atomic E-state index is 11.5. The Kier molecular flexibility index (Phi) is 4.85. The average molecular weight is 350 g/mol. The molecule has 1 atom stereocenters. The molecule has 2 aromatic rings. The van der Waals surface area contributed by atoms with Crippen molar-refractivity contribution in [2.75, 3.05) is 12.4 Å². The van der Waals surface area contributed by atoms with E-state index in [-0.39, 0.29) is 0 Å². The molecular weight excluding hydrogens is 334 g/mol. The van der Waals surface area contributed by atoms with Gasteiger partial charge in [0.1, 0.15) is 5.75 Å². The third-order valence-corrected chi connectivity index (χ3v) is 3.63. The number of carbonyl (C=O) groups is 1. The van der Waals surface area contributed by atoms with E-state index < -0.39 is 12.0 Å². The van der Waals surface area contributed by atoms with Crippen LogP contribution in [0.3, 0.4) is 0 Å². The highest BCUT2D eigenvalue weighted by atomic mass is 79.9. The Balaban J connectivity index is 2.31. The summed E-state index contributed by atoms with van der Waals surface area (Å²) >= 11 is 3.37. The Bertz CT molecular complexity index is 658. The van der Waals surface area contributed by atoms with Gasteiger partial charge in [0.15, 0.2) is 6.04 Å². The number of nitrogens with one attached hydrogen (secondary N) is 1. The van der Waals surface area contributed by atoms with Crippen molar-refractivity contribution in [3.8, 4) is 5.75 Å². The topological polar surface area (TPSA) is 58.6 Å². The van der Waals surface area contributed by atoms with Crippen molar-refractivity contribution in [1.82, 2.24) is 0 Å². The van der Waals surface area contributed by atoms with Crippen LogP contribution in [0.25, 0.3) is 0 Å². The average Bonchev–Trinajstić information content (AvgIpc) is 2.44. The van der Waals surface area contributed by atoms with Crippen molar-refractivity contribution in [3.05, 3.63) is 58.1 Å². The van der Waals surface area contributed by atoms with Crippen molar-refractivity contribution in [1.29, 1.82) is 0 Å². The molecular formula is C16H16BrNO3. The molecule has 2 N–H and O–H groups in total. The fraction of sp³-hybridized carbons (Fsp3) is 0.188. The number of carboxylic acids is 1. The van der Waals surface area contributed by atoms with E-state index in [0.717, 1.165) is 21.5 Å². The molecule has 1 unspecified atom stereocenters. The maximum absolute atomic E-state index is 11.5. The van der Waals surface area contributed by atoms with Gasteiger partial charge in [-0.2, -0.15) is 0 Å². The van der Waals surface area contributed by atoms with E-state index in [4.69, 9.17) is 4.74 Å². The van der Waals surface area contributed by atoms with Gasteiger partial charge in [0.2, 0.25) is 0 Å². The van der Waals surface area contributed by atoms with Crippen LogP contribution in [0.1, 0.15) is 17.2 Å². The highest BCUT2D eigenvalue weighted by molar-refractivity contribution is 9.10. The molecule has 0 bridgehead atoms. The van der Waals surface area contributed by atoms with Gasteiger partial charge in [0, 0.05) is 10.2 Å². The number of anilines is 1. The molecule has 0 saturated carbocycles. The SMILES string of the molecule is COc1ccc(C(Nc2cccc(Br)c2)C(=O)O)cc1C. The summed E-state index contributed by atoms with van der Waals surface area (Å²) in [6, 6.07) is 12.0. The second-order valence-corrected chi connectivity index (χ2v) is 5.57. The summed E-state index contributed by atoms with van der Waals surface area (Å²) in [4.78, 5) is 11.5. The Morgan fingerprint density at radius 3 is 2.62 bits per heavy atom. The zero-order valence-electron chi connectivity index (χ0n) is 11.8. The standard InChI is InChI=1S/C16H16BrNO3/c1-10-8-11(6-7-14(10)21-2)15(16(19)20)18-13-5-3-4-12(17)9-13/h3-9,15,18H,1-2H3,(H,19,20). The Morgan fingerprint density at radius 1 is 1.29 bits per heavy atom. The van der Waals surface area contributed by atoms with Gasteiger partial charge in [0.25, 0.3) is 0 Å². The summed E-state index contributed by atoms with van der Waals surface area (Å²) in [5, 5.41) is 12.5. The van der Waals surface area contributed by atoms with Crippen LogP contribution < -0.4 is 10.1 Å². The number of aliphatic carboxylic acids is 1. The lowest BCUT2D eigenvalue weighted by Gasteiger charge is -2.17. The van der Waals surface area contributed by atoms with Gasteiger partial charge in [-0.1, -0.05) is 28.1 Å². The molecule has 2 rings (SSSR count). The first-order valence-corrected chi connectivity index (χ1v) is 7.20. The van der Waals surface area contributed by atoms with Crippen molar-refractivity contribution >= 4 is 27.6 Å². The first-order chi connectivity index (χ1) is 10.0. The lowest BCUT2D eigenvalue weighted by Crippen LogP contribution is -2.20. The van der Waals surface area contributed by atoms with Crippen LogP contribution in [-0.4, -0.2) is 18.2 Å². The van der Waals surface area contributed by atoms with Gasteiger partial charge in [-0.15, -0.1) is 0 Å². The third-order valence-electron chi connectivity index (χ3n) is 3.13. The first-order valence-electron chi connectivity index (χ1n) is 6.40. The molecule has 0 aliphatic rings. The van der Waals surface area contributed by atoms with E-state index in [9.17, 15) is 9.90 Å². The molecule has 0 heterocycles. The molecule has 0 spiro atoms. The largest absolute Gasteiger partial charge is 0.496 e. The fourth-order valence-electron chi connectivity index (χ4n) is 2.11. The zero-order valence-corrected chi connectivity index (χ0v) is 13.3. The molecule has 21 heavy (non-hydrogen) atoms. The smallest absolute Gasteiger partial charge is 0.330 e. The zero-order chi connectivity index (χ0) is 15.4. The first kappa shape index (κ1) is 15.4. The van der Waals surface area contributed by atoms with Gasteiger partial charge in [0.05, 0.1) is 7.11 Å². The fourth-order valence-corrected chi connectivity index (χ4v) is 2.51. The molecule has 2 aromatic carbocycles. The quantitative estimate of drug-likeness (QED) is 0.856. The molecule has 0 saturated heterocycles. The number of benzene rings is 2. The van der Waals surface area contributed by atoms with E-state index in [0.29, 0.717) is 5.56 Å². The Labute approximate surface area is 131 Å². The molecule has 110 valence electrons. The van der Waals surface area contributed by atoms with E-state index in [1.807, 2.05) is 37.3 Å². The Hall–Kier alpha value is -2.01. The number of aryl methyl sites for hydroxylation is 1. The van der Waals surface area contributed by atoms with Gasteiger partial charge >= 0.3 is 5.97 Å². The van der Waals surface area contributed by atoms with Crippen molar-refractivity contribution < 1.29 is 14.6 Å². The van der Waals surface area contributed by atoms with E-state index in [2.05, 4.69) is 21.2 Å². The monoisotopic (exact) mass is 349 g/mol. The van der Waals surface area contributed by atoms with Crippen LogP contribution in [0, 0.1) is 6.92 Å². The summed E-state index contributed by atoms with van der Waals surface area (Å²) in [5.41, 5.74) is 2.32. The van der Waals surface area contributed by atoms with Crippen LogP contribution in [0.4, 0.5) is 5.69 Å². The summed E-state index contributed by atoms with van der Waals surface area (Å²) in [7, 11) is 1.59. The summed E-state index contributed by atoms with van der Waals surface area (Å²) in [6.07, 6.45) is 0. The van der Waals surface area contributed by atoms with E-state index >= 15 is 0 Å². The number of hydrogen-bond donors (Lipinski definition) is 2. The number of halogens is 1. The van der Waals surface area contributed by atoms with Gasteiger partial charge in [-0.05, 0) is 48.4 Å². The number of carboxylic acid groups (broad SMARTS) is 1. The predicted molar refractivity (Wildman–Crippen MR) is 85.9 cm³/mol. The van der Waals surface area contributed by atoms with E-state index in [1.54, 1.807) is 19.2 Å². The number of hydrogen-bond acceptors (Lipinski definition) is 3. The van der Waals surface area contributed by atoms with Crippen LogP contribution in [0.15, 0.2) is 46.9 Å². The summed E-state index contributed by atoms with van der Waals surface area (Å²) < 4.78 is 6.09. The lowest BCUT2D eigenvalue weighted by atomic mass is 10.0. The molecule has 5 heteroatoms. The van der Waals surface area contributed by atoms with Gasteiger partial charge in [-0.3, -0.25) is 0 Å². The minimum absolute atomic E-state index is 0.681. The predicted octanol–water partition coefficient (Wildman–Crippen LogP) is 4.00. The van der Waals surface area contributed by atoms with Crippen LogP contribution >= 0.6 is 15.9 Å². The van der Waals surface area contributed by atoms with Crippen molar-refractivity contribution in [3.63, 3.8) is 0 Å². The minimum atomic E-state index is -0.931. The number of ether oxygens (including phenoxy) is 1. The number of rotatable bonds is 5. The Morgan fingerprint density at radius 2 is 2.05 bits per heavy atom. The van der Waals surface area contributed by atoms with Crippen molar-refractivity contribution in [2.24, 2.45) is 0 Å². The molecule has 0 radical (unpaired) electrons. The lowest BCUT2D eigenvalue weighted by molar-refractivity contribution is -0.138. The van der Waals surface area contributed by atoms with Crippen LogP contribution in [0.5, 0.6) is 5.75 Å². The molecule has 0 fully saturated rings. The van der Waals surface area contributed by atoms with Crippen LogP contribution in [-0.2, 0) is 4.79 Å². The molecule has 0 aromatic heterocycles. The molecule has 4 nitrogen and oxygen atoms in total. The molecule has 0 aliphatic carbocycles. The number of methoxy groups -OCH3 is 1. The highest BCUT2D eigenvalue weighted by Gasteiger charge is 2.20. The normalized spacial score (nSPS) is 11.8. The maximum Gasteiger partial charge on any atom is 0.330 e. The van der Waals surface area contributed by atoms with E-state index in [1.165, 1.54) is 0 Å². The molecule has 0 amide bonds. The third kappa shape index (κ3) is 3.76. The second-order valence-electron chi connectivity index (χ2n) is 4.65. The molecule has 0 aliphatic heterocycles.